The molecular weight excluding hydrogens is 336 g/mol. The van der Waals surface area contributed by atoms with E-state index in [9.17, 15) is 9.59 Å². The van der Waals surface area contributed by atoms with Crippen molar-refractivity contribution in [1.82, 2.24) is 10.9 Å². The van der Waals surface area contributed by atoms with E-state index in [0.29, 0.717) is 28.7 Å². The highest BCUT2D eigenvalue weighted by atomic mass is 16.7. The monoisotopic (exact) mass is 356 g/mol. The van der Waals surface area contributed by atoms with Crippen LogP contribution in [0.5, 0.6) is 17.2 Å². The number of rotatable bonds is 5. The summed E-state index contributed by atoms with van der Waals surface area (Å²) in [7, 11) is 0. The second-order valence-corrected chi connectivity index (χ2v) is 6.09. The average molecular weight is 356 g/mol. The van der Waals surface area contributed by atoms with E-state index in [1.54, 1.807) is 24.3 Å². The highest BCUT2D eigenvalue weighted by Crippen LogP contribution is 2.32. The van der Waals surface area contributed by atoms with Crippen molar-refractivity contribution in [3.8, 4) is 17.2 Å². The highest BCUT2D eigenvalue weighted by molar-refractivity contribution is 5.96. The van der Waals surface area contributed by atoms with Gasteiger partial charge in [-0.15, -0.1) is 0 Å². The van der Waals surface area contributed by atoms with E-state index < -0.39 is 11.8 Å². The van der Waals surface area contributed by atoms with Gasteiger partial charge in [-0.2, -0.15) is 0 Å². The van der Waals surface area contributed by atoms with Crippen LogP contribution in [0.4, 0.5) is 0 Å². The predicted octanol–water partition coefficient (Wildman–Crippen LogP) is 2.38. The van der Waals surface area contributed by atoms with Gasteiger partial charge in [-0.05, 0) is 41.8 Å². The van der Waals surface area contributed by atoms with Gasteiger partial charge in [0.2, 0.25) is 6.79 Å². The molecule has 7 heteroatoms. The first-order valence-corrected chi connectivity index (χ1v) is 8.24. The number of fused-ring (bicyclic) bond motifs is 1. The molecule has 1 heterocycles. The summed E-state index contributed by atoms with van der Waals surface area (Å²) in [6.45, 7) is 4.09. The number of carbonyl (C=O) groups is 2. The van der Waals surface area contributed by atoms with Gasteiger partial charge in [-0.25, -0.2) is 0 Å². The third kappa shape index (κ3) is 4.24. The molecule has 0 spiro atoms. The first-order chi connectivity index (χ1) is 12.5. The van der Waals surface area contributed by atoms with Crippen LogP contribution in [0.2, 0.25) is 0 Å². The molecule has 0 aromatic heterocycles. The Hall–Kier alpha value is -3.22. The van der Waals surface area contributed by atoms with E-state index in [0.717, 1.165) is 5.56 Å². The first-order valence-electron chi connectivity index (χ1n) is 8.24. The molecule has 0 radical (unpaired) electrons. The van der Waals surface area contributed by atoms with E-state index in [2.05, 4.69) is 24.7 Å². The molecule has 0 atom stereocenters. The quantitative estimate of drug-likeness (QED) is 0.804. The fourth-order valence-corrected chi connectivity index (χ4v) is 2.38. The standard InChI is InChI=1S/C19H20N2O5/c1-12(2)13-4-3-5-15(8-13)24-10-18(22)20-21-19(23)14-6-7-16-17(9-14)26-11-25-16/h3-9,12H,10-11H2,1-2H3,(H,20,22)(H,21,23). The fraction of sp³-hybridized carbons (Fsp3) is 0.263. The lowest BCUT2D eigenvalue weighted by Gasteiger charge is -2.11. The van der Waals surface area contributed by atoms with E-state index in [1.807, 2.05) is 18.2 Å². The molecule has 1 aliphatic heterocycles. The van der Waals surface area contributed by atoms with Gasteiger partial charge in [-0.1, -0.05) is 26.0 Å². The molecule has 0 bridgehead atoms. The predicted molar refractivity (Wildman–Crippen MR) is 94.2 cm³/mol. The zero-order valence-electron chi connectivity index (χ0n) is 14.6. The van der Waals surface area contributed by atoms with Gasteiger partial charge >= 0.3 is 0 Å². The van der Waals surface area contributed by atoms with Crippen LogP contribution in [-0.2, 0) is 4.79 Å². The normalized spacial score (nSPS) is 12.0. The van der Waals surface area contributed by atoms with Crippen LogP contribution in [0.3, 0.4) is 0 Å². The lowest BCUT2D eigenvalue weighted by Crippen LogP contribution is -2.43. The van der Waals surface area contributed by atoms with Crippen molar-refractivity contribution < 1.29 is 23.8 Å². The van der Waals surface area contributed by atoms with Crippen molar-refractivity contribution in [3.63, 3.8) is 0 Å². The molecular formula is C19H20N2O5. The lowest BCUT2D eigenvalue weighted by atomic mass is 10.0. The molecule has 0 aliphatic carbocycles. The Labute approximate surface area is 151 Å². The molecule has 0 fully saturated rings. The molecule has 2 aromatic rings. The molecule has 2 N–H and O–H groups in total. The minimum atomic E-state index is -0.464. The SMILES string of the molecule is CC(C)c1cccc(OCC(=O)NNC(=O)c2ccc3c(c2)OCO3)c1. The minimum absolute atomic E-state index is 0.131. The number of amides is 2. The van der Waals surface area contributed by atoms with Gasteiger partial charge in [-0.3, -0.25) is 20.4 Å². The zero-order chi connectivity index (χ0) is 18.5. The van der Waals surface area contributed by atoms with Gasteiger partial charge in [0.25, 0.3) is 11.8 Å². The average Bonchev–Trinajstić information content (AvgIpc) is 3.12. The van der Waals surface area contributed by atoms with Crippen molar-refractivity contribution in [2.45, 2.75) is 19.8 Å². The molecule has 2 amide bonds. The van der Waals surface area contributed by atoms with Crippen LogP contribution in [-0.4, -0.2) is 25.2 Å². The topological polar surface area (TPSA) is 85.9 Å². The smallest absolute Gasteiger partial charge is 0.276 e. The van der Waals surface area contributed by atoms with Crippen LogP contribution in [0.25, 0.3) is 0 Å². The second-order valence-electron chi connectivity index (χ2n) is 6.09. The summed E-state index contributed by atoms with van der Waals surface area (Å²) >= 11 is 0. The fourth-order valence-electron chi connectivity index (χ4n) is 2.38. The van der Waals surface area contributed by atoms with Gasteiger partial charge in [0.15, 0.2) is 18.1 Å². The maximum Gasteiger partial charge on any atom is 0.276 e. The Kier molecular flexibility index (Phi) is 5.26. The Morgan fingerprint density at radius 1 is 1.08 bits per heavy atom. The third-order valence-electron chi connectivity index (χ3n) is 3.84. The third-order valence-corrected chi connectivity index (χ3v) is 3.84. The van der Waals surface area contributed by atoms with Gasteiger partial charge < -0.3 is 14.2 Å². The Balaban J connectivity index is 1.48. The summed E-state index contributed by atoms with van der Waals surface area (Å²) in [6, 6.07) is 12.3. The van der Waals surface area contributed by atoms with Crippen molar-refractivity contribution in [2.75, 3.05) is 13.4 Å². The zero-order valence-corrected chi connectivity index (χ0v) is 14.6. The van der Waals surface area contributed by atoms with Crippen molar-refractivity contribution in [1.29, 1.82) is 0 Å². The maximum atomic E-state index is 12.1. The van der Waals surface area contributed by atoms with Crippen LogP contribution >= 0.6 is 0 Å². The van der Waals surface area contributed by atoms with Crippen LogP contribution in [0.15, 0.2) is 42.5 Å². The van der Waals surface area contributed by atoms with E-state index in [1.165, 1.54) is 0 Å². The molecule has 2 aromatic carbocycles. The Bertz CT molecular complexity index is 819. The summed E-state index contributed by atoms with van der Waals surface area (Å²) in [4.78, 5) is 23.9. The van der Waals surface area contributed by atoms with Gasteiger partial charge in [0.1, 0.15) is 5.75 Å². The summed E-state index contributed by atoms with van der Waals surface area (Å²) in [5.41, 5.74) is 6.13. The van der Waals surface area contributed by atoms with Crippen LogP contribution in [0, 0.1) is 0 Å². The minimum Gasteiger partial charge on any atom is -0.484 e. The number of carbonyl (C=O) groups excluding carboxylic acids is 2. The van der Waals surface area contributed by atoms with Crippen molar-refractivity contribution >= 4 is 11.8 Å². The largest absolute Gasteiger partial charge is 0.484 e. The highest BCUT2D eigenvalue weighted by Gasteiger charge is 2.16. The molecule has 136 valence electrons. The number of hydrogen-bond donors (Lipinski definition) is 2. The summed E-state index contributed by atoms with van der Waals surface area (Å²) in [5.74, 6) is 1.13. The molecule has 0 unspecified atom stereocenters. The number of hydrogen-bond acceptors (Lipinski definition) is 5. The number of hydrazine groups is 1. The van der Waals surface area contributed by atoms with E-state index >= 15 is 0 Å². The van der Waals surface area contributed by atoms with Crippen molar-refractivity contribution in [3.05, 3.63) is 53.6 Å². The molecule has 1 aliphatic rings. The van der Waals surface area contributed by atoms with E-state index in [-0.39, 0.29) is 13.4 Å². The van der Waals surface area contributed by atoms with Crippen molar-refractivity contribution in [2.24, 2.45) is 0 Å². The van der Waals surface area contributed by atoms with Gasteiger partial charge in [0, 0.05) is 5.56 Å². The molecule has 0 saturated carbocycles. The Morgan fingerprint density at radius 3 is 2.69 bits per heavy atom. The number of benzene rings is 2. The summed E-state index contributed by atoms with van der Waals surface area (Å²) in [6.07, 6.45) is 0. The van der Waals surface area contributed by atoms with E-state index in [4.69, 9.17) is 14.2 Å². The maximum absolute atomic E-state index is 12.1. The summed E-state index contributed by atoms with van der Waals surface area (Å²) < 4.78 is 15.9. The molecule has 7 nitrogen and oxygen atoms in total. The van der Waals surface area contributed by atoms with Crippen LogP contribution in [0.1, 0.15) is 35.7 Å². The first kappa shape index (κ1) is 17.6. The van der Waals surface area contributed by atoms with Gasteiger partial charge in [0.05, 0.1) is 0 Å². The molecule has 3 rings (SSSR count). The molecule has 26 heavy (non-hydrogen) atoms. The lowest BCUT2D eigenvalue weighted by molar-refractivity contribution is -0.123. The second kappa shape index (κ2) is 7.77. The number of nitrogens with one attached hydrogen (secondary N) is 2. The Morgan fingerprint density at radius 2 is 1.88 bits per heavy atom. The molecule has 0 saturated heterocycles. The van der Waals surface area contributed by atoms with Crippen LogP contribution < -0.4 is 25.1 Å². The summed E-state index contributed by atoms with van der Waals surface area (Å²) in [5, 5.41) is 0. The number of ether oxygens (including phenoxy) is 3.